The molecule has 3 aromatic heterocycles. The van der Waals surface area contributed by atoms with E-state index >= 15 is 0 Å². The second-order valence-corrected chi connectivity index (χ2v) is 5.29. The van der Waals surface area contributed by atoms with Gasteiger partial charge < -0.3 is 26.2 Å². The number of carbonyl (C=O) groups excluding carboxylic acids is 1. The van der Waals surface area contributed by atoms with Gasteiger partial charge in [0.2, 0.25) is 5.71 Å². The first kappa shape index (κ1) is 16.8. The maximum absolute atomic E-state index is 12.9. The molecule has 0 aliphatic heterocycles. The standard InChI is InChI=1S/C13H7F3N2O3S.H3N/c14-13(15,16)7-4-5(6-2-1-3-22-6)8-9(17)10(12(19)20)21-11(8)18-7;/h1-4H,17H2,(H,19,20);1H3. The summed E-state index contributed by atoms with van der Waals surface area (Å²) in [7, 11) is 0. The van der Waals surface area contributed by atoms with Crippen LogP contribution in [0.15, 0.2) is 28.0 Å². The molecule has 6 nitrogen and oxygen atoms in total. The van der Waals surface area contributed by atoms with Gasteiger partial charge in [0.25, 0.3) is 0 Å². The molecule has 0 saturated carbocycles. The molecule has 0 bridgehead atoms. The predicted molar refractivity (Wildman–Crippen MR) is 77.1 cm³/mol. The first-order valence-electron chi connectivity index (χ1n) is 5.84. The van der Waals surface area contributed by atoms with Crippen molar-refractivity contribution in [3.05, 3.63) is 35.0 Å². The fourth-order valence-corrected chi connectivity index (χ4v) is 2.79. The van der Waals surface area contributed by atoms with Crippen LogP contribution in [0.3, 0.4) is 0 Å². The first-order chi connectivity index (χ1) is 10.3. The number of carboxylic acid groups (broad SMARTS) is 1. The molecule has 3 rings (SSSR count). The molecule has 6 N–H and O–H groups in total. The number of hydrogen-bond acceptors (Lipinski definition) is 6. The summed E-state index contributed by atoms with van der Waals surface area (Å²) < 4.78 is 43.7. The van der Waals surface area contributed by atoms with Crippen LogP contribution in [0.25, 0.3) is 21.5 Å². The summed E-state index contributed by atoms with van der Waals surface area (Å²) in [6.07, 6.45) is -4.70. The quantitative estimate of drug-likeness (QED) is 0.738. The van der Waals surface area contributed by atoms with Crippen molar-refractivity contribution < 1.29 is 27.5 Å². The van der Waals surface area contributed by atoms with Gasteiger partial charge in [-0.2, -0.15) is 13.2 Å². The minimum atomic E-state index is -4.70. The van der Waals surface area contributed by atoms with Crippen molar-refractivity contribution in [2.24, 2.45) is 0 Å². The van der Waals surface area contributed by atoms with Crippen molar-refractivity contribution in [2.45, 2.75) is 6.18 Å². The van der Waals surface area contributed by atoms with Crippen LogP contribution in [0.2, 0.25) is 0 Å². The lowest BCUT2D eigenvalue weighted by molar-refractivity contribution is -0.256. The van der Waals surface area contributed by atoms with Gasteiger partial charge in [-0.05, 0) is 17.5 Å². The Morgan fingerprint density at radius 1 is 1.39 bits per heavy atom. The Morgan fingerprint density at radius 2 is 2.09 bits per heavy atom. The molecule has 23 heavy (non-hydrogen) atoms. The number of alkyl halides is 3. The van der Waals surface area contributed by atoms with Gasteiger partial charge in [0.1, 0.15) is 11.7 Å². The second kappa shape index (κ2) is 5.56. The molecular weight excluding hydrogens is 335 g/mol. The molecule has 3 heterocycles. The fraction of sp³-hybridized carbons (Fsp3) is 0.0769. The number of pyridine rings is 1. The smallest absolute Gasteiger partial charge is 0.433 e. The van der Waals surface area contributed by atoms with E-state index in [1.165, 1.54) is 11.3 Å². The zero-order valence-corrected chi connectivity index (χ0v) is 12.4. The Labute approximate surface area is 130 Å². The number of aromatic carboxylic acids is 1. The molecule has 0 aromatic carbocycles. The number of aromatic nitrogens is 1. The number of anilines is 1. The molecule has 0 radical (unpaired) electrons. The van der Waals surface area contributed by atoms with Crippen molar-refractivity contribution in [2.75, 3.05) is 5.73 Å². The van der Waals surface area contributed by atoms with Gasteiger partial charge in [-0.15, -0.1) is 11.3 Å². The summed E-state index contributed by atoms with van der Waals surface area (Å²) in [5.74, 6) is -2.46. The zero-order valence-electron chi connectivity index (χ0n) is 11.6. The van der Waals surface area contributed by atoms with Gasteiger partial charge in [0.05, 0.1) is 11.1 Å². The Hall–Kier alpha value is -2.59. The molecular formula is C13H10F3N3O3S. The molecule has 0 atom stereocenters. The van der Waals surface area contributed by atoms with Gasteiger partial charge in [-0.25, -0.2) is 4.98 Å². The Morgan fingerprint density at radius 3 is 2.61 bits per heavy atom. The fourth-order valence-electron chi connectivity index (χ4n) is 2.04. The number of furan rings is 1. The normalized spacial score (nSPS) is 11.4. The third-order valence-electron chi connectivity index (χ3n) is 2.96. The Balaban J connectivity index is 0.00000192. The summed E-state index contributed by atoms with van der Waals surface area (Å²) in [6, 6.07) is 4.05. The third kappa shape index (κ3) is 2.73. The van der Waals surface area contributed by atoms with E-state index in [1.54, 1.807) is 17.5 Å². The van der Waals surface area contributed by atoms with E-state index < -0.39 is 29.3 Å². The first-order valence-corrected chi connectivity index (χ1v) is 6.72. The van der Waals surface area contributed by atoms with E-state index in [-0.39, 0.29) is 22.8 Å². The van der Waals surface area contributed by atoms with Crippen molar-refractivity contribution in [3.8, 4) is 10.4 Å². The number of fused-ring (bicyclic) bond motifs is 1. The van der Waals surface area contributed by atoms with Crippen LogP contribution in [0.4, 0.5) is 18.9 Å². The highest BCUT2D eigenvalue weighted by atomic mass is 32.1. The topological polar surface area (TPSA) is 129 Å². The number of halogens is 3. The summed E-state index contributed by atoms with van der Waals surface area (Å²) >= 11 is 1.18. The molecule has 0 fully saturated rings. The summed E-state index contributed by atoms with van der Waals surface area (Å²) in [6.45, 7) is 0. The molecule has 0 unspecified atom stereocenters. The van der Waals surface area contributed by atoms with Crippen LogP contribution in [0.5, 0.6) is 0 Å². The number of hydrogen-bond donors (Lipinski definition) is 2. The number of carbonyl (C=O) groups is 1. The van der Waals surface area contributed by atoms with E-state index in [2.05, 4.69) is 4.98 Å². The second-order valence-electron chi connectivity index (χ2n) is 4.34. The highest BCUT2D eigenvalue weighted by Crippen LogP contribution is 2.40. The number of rotatable bonds is 2. The van der Waals surface area contributed by atoms with Gasteiger partial charge in [0.15, 0.2) is 5.76 Å². The van der Waals surface area contributed by atoms with Crippen LogP contribution in [-0.2, 0) is 6.18 Å². The average Bonchev–Trinajstić information content (AvgIpc) is 3.05. The zero-order chi connectivity index (χ0) is 16.1. The van der Waals surface area contributed by atoms with E-state index in [4.69, 9.17) is 10.2 Å². The van der Waals surface area contributed by atoms with Gasteiger partial charge in [0, 0.05) is 10.4 Å². The third-order valence-corrected chi connectivity index (χ3v) is 3.86. The molecule has 3 aromatic rings. The number of carboxylic acids is 1. The van der Waals surface area contributed by atoms with E-state index in [0.29, 0.717) is 4.88 Å². The minimum absolute atomic E-state index is 0. The lowest BCUT2D eigenvalue weighted by Gasteiger charge is -2.08. The van der Waals surface area contributed by atoms with Gasteiger partial charge >= 0.3 is 6.18 Å². The van der Waals surface area contributed by atoms with E-state index in [1.807, 2.05) is 0 Å². The average molecular weight is 345 g/mol. The van der Waals surface area contributed by atoms with Crippen LogP contribution in [0.1, 0.15) is 16.2 Å². The number of nitrogens with two attached hydrogens (primary N) is 1. The highest BCUT2D eigenvalue weighted by Gasteiger charge is 2.35. The van der Waals surface area contributed by atoms with Crippen LogP contribution in [-0.4, -0.2) is 11.0 Å². The largest absolute Gasteiger partial charge is 0.541 e. The maximum Gasteiger partial charge on any atom is 0.433 e. The van der Waals surface area contributed by atoms with Crippen LogP contribution < -0.4 is 17.0 Å². The maximum atomic E-state index is 12.9. The van der Waals surface area contributed by atoms with Crippen LogP contribution in [0, 0.1) is 0 Å². The number of thiophene rings is 1. The lowest BCUT2D eigenvalue weighted by atomic mass is 10.1. The minimum Gasteiger partial charge on any atom is -0.541 e. The van der Waals surface area contributed by atoms with Crippen molar-refractivity contribution in [1.29, 1.82) is 0 Å². The summed E-state index contributed by atoms with van der Waals surface area (Å²) in [4.78, 5) is 14.7. The Bertz CT molecular complexity index is 872. The molecule has 10 heteroatoms. The monoisotopic (exact) mass is 345 g/mol. The Kier molecular flexibility index (Phi) is 4.05. The van der Waals surface area contributed by atoms with E-state index in [9.17, 15) is 23.1 Å². The number of quaternary nitrogens is 1. The van der Waals surface area contributed by atoms with Gasteiger partial charge in [-0.1, -0.05) is 6.07 Å². The molecule has 0 aliphatic carbocycles. The molecule has 0 saturated heterocycles. The molecule has 122 valence electrons. The van der Waals surface area contributed by atoms with Crippen molar-refractivity contribution in [3.63, 3.8) is 0 Å². The molecule has 0 aliphatic rings. The number of nitrogens with zero attached hydrogens (tertiary/aromatic N) is 1. The van der Waals surface area contributed by atoms with E-state index in [0.717, 1.165) is 6.07 Å². The number of nitrogen functional groups attached to an aromatic ring is 1. The SMILES string of the molecule is Nc1c(C(=O)[O-])oc2nc(C(F)(F)F)cc(-c3cccs3)c12.[NH4+]. The van der Waals surface area contributed by atoms with Crippen LogP contribution >= 0.6 is 11.3 Å². The summed E-state index contributed by atoms with van der Waals surface area (Å²) in [5, 5.41) is 12.6. The van der Waals surface area contributed by atoms with Gasteiger partial charge in [-0.3, -0.25) is 0 Å². The lowest BCUT2D eigenvalue weighted by Crippen LogP contribution is -2.22. The summed E-state index contributed by atoms with van der Waals surface area (Å²) in [5.41, 5.74) is 3.80. The highest BCUT2D eigenvalue weighted by molar-refractivity contribution is 7.13. The predicted octanol–water partition coefficient (Wildman–Crippen LogP) is 2.90. The molecule has 0 spiro atoms. The van der Waals surface area contributed by atoms with Crippen molar-refractivity contribution >= 4 is 34.1 Å². The molecule has 0 amide bonds. The van der Waals surface area contributed by atoms with Crippen molar-refractivity contribution in [1.82, 2.24) is 11.1 Å².